The van der Waals surface area contributed by atoms with Crippen molar-refractivity contribution in [2.24, 2.45) is 0 Å². The molecule has 1 unspecified atom stereocenters. The van der Waals surface area contributed by atoms with Crippen LogP contribution in [0, 0.1) is 0 Å². The minimum atomic E-state index is -4.59. The summed E-state index contributed by atoms with van der Waals surface area (Å²) in [4.78, 5) is 14.8. The number of rotatable bonds is 7. The maximum absolute atomic E-state index is 13.9. The SMILES string of the molecule is CNc1nc2c(c(Nc3ccc(C(F)(F)F)cc3)n1)CCN(c1ncccc1C(F)(F)F)C(CCOC)C2. The molecule has 2 N–H and O–H groups in total. The molecule has 2 aromatic heterocycles. The molecule has 7 nitrogen and oxygen atoms in total. The molecule has 4 rings (SSSR count). The van der Waals surface area contributed by atoms with E-state index >= 15 is 0 Å². The number of hydrogen-bond donors (Lipinski definition) is 2. The molecule has 13 heteroatoms. The van der Waals surface area contributed by atoms with Crippen molar-refractivity contribution >= 4 is 23.3 Å². The standard InChI is InChI=1S/C25H26F6N6O/c1-32-23-35-20-14-17(10-13-38-2)37(22-19(25(29,30)31)4-3-11-33-22)12-9-18(20)21(36-23)34-16-7-5-15(6-8-16)24(26,27)28/h3-8,11,17H,9-10,12-14H2,1-2H3,(H2,32,34,35,36). The fourth-order valence-corrected chi connectivity index (χ4v) is 4.44. The first kappa shape index (κ1) is 27.4. The summed E-state index contributed by atoms with van der Waals surface area (Å²) in [6, 6.07) is 6.36. The van der Waals surface area contributed by atoms with Gasteiger partial charge in [-0.25, -0.2) is 9.97 Å². The van der Waals surface area contributed by atoms with Crippen molar-refractivity contribution in [2.75, 3.05) is 42.8 Å². The monoisotopic (exact) mass is 540 g/mol. The van der Waals surface area contributed by atoms with Crippen molar-refractivity contribution in [3.05, 3.63) is 65.0 Å². The normalized spacial score (nSPS) is 16.1. The van der Waals surface area contributed by atoms with Crippen LogP contribution in [-0.4, -0.2) is 48.3 Å². The highest BCUT2D eigenvalue weighted by molar-refractivity contribution is 5.63. The fraction of sp³-hybridized carbons (Fsp3) is 0.400. The minimum Gasteiger partial charge on any atom is -0.385 e. The summed E-state index contributed by atoms with van der Waals surface area (Å²) < 4.78 is 85.7. The maximum atomic E-state index is 13.9. The van der Waals surface area contributed by atoms with Gasteiger partial charge in [0, 0.05) is 57.2 Å². The number of alkyl halides is 6. The quantitative estimate of drug-likeness (QED) is 0.372. The van der Waals surface area contributed by atoms with Crippen LogP contribution in [0.5, 0.6) is 0 Å². The number of nitrogens with one attached hydrogen (secondary N) is 2. The lowest BCUT2D eigenvalue weighted by molar-refractivity contribution is -0.138. The minimum absolute atomic E-state index is 0.173. The van der Waals surface area contributed by atoms with E-state index in [1.165, 1.54) is 31.5 Å². The summed E-state index contributed by atoms with van der Waals surface area (Å²) in [5, 5.41) is 5.94. The summed E-state index contributed by atoms with van der Waals surface area (Å²) >= 11 is 0. The van der Waals surface area contributed by atoms with Crippen LogP contribution in [0.1, 0.15) is 28.8 Å². The van der Waals surface area contributed by atoms with Crippen molar-refractivity contribution in [1.82, 2.24) is 15.0 Å². The molecule has 1 aliphatic rings. The van der Waals surface area contributed by atoms with Crippen molar-refractivity contribution < 1.29 is 31.1 Å². The molecular formula is C25H26F6N6O. The molecule has 204 valence electrons. The molecule has 0 aliphatic carbocycles. The van der Waals surface area contributed by atoms with E-state index in [0.717, 1.165) is 18.2 Å². The Kier molecular flexibility index (Phi) is 7.95. The first-order valence-electron chi connectivity index (χ1n) is 11.8. The number of anilines is 4. The molecule has 1 aromatic carbocycles. The van der Waals surface area contributed by atoms with Gasteiger partial charge >= 0.3 is 12.4 Å². The van der Waals surface area contributed by atoms with Crippen molar-refractivity contribution in [3.63, 3.8) is 0 Å². The zero-order valence-corrected chi connectivity index (χ0v) is 20.6. The van der Waals surface area contributed by atoms with Crippen LogP contribution in [0.3, 0.4) is 0 Å². The molecule has 1 atom stereocenters. The average molecular weight is 541 g/mol. The predicted molar refractivity (Wildman–Crippen MR) is 131 cm³/mol. The van der Waals surface area contributed by atoms with E-state index in [4.69, 9.17) is 4.74 Å². The van der Waals surface area contributed by atoms with Gasteiger partial charge in [-0.1, -0.05) is 0 Å². The number of fused-ring (bicyclic) bond motifs is 1. The van der Waals surface area contributed by atoms with E-state index in [2.05, 4.69) is 25.6 Å². The molecule has 0 bridgehead atoms. The number of benzene rings is 1. The van der Waals surface area contributed by atoms with Crippen LogP contribution in [0.2, 0.25) is 0 Å². The Labute approximate surface area is 215 Å². The molecule has 3 aromatic rings. The molecular weight excluding hydrogens is 514 g/mol. The van der Waals surface area contributed by atoms with Crippen molar-refractivity contribution in [1.29, 1.82) is 0 Å². The van der Waals surface area contributed by atoms with E-state index in [1.807, 2.05) is 0 Å². The molecule has 0 radical (unpaired) electrons. The third-order valence-electron chi connectivity index (χ3n) is 6.28. The van der Waals surface area contributed by atoms with E-state index < -0.39 is 29.5 Å². The van der Waals surface area contributed by atoms with Gasteiger partial charge in [-0.15, -0.1) is 0 Å². The lowest BCUT2D eigenvalue weighted by Gasteiger charge is -2.32. The van der Waals surface area contributed by atoms with Crippen molar-refractivity contribution in [2.45, 2.75) is 37.7 Å². The first-order valence-corrected chi connectivity index (χ1v) is 11.8. The average Bonchev–Trinajstić information content (AvgIpc) is 3.06. The zero-order chi connectivity index (χ0) is 27.5. The highest BCUT2D eigenvalue weighted by atomic mass is 19.4. The Morgan fingerprint density at radius 1 is 1.03 bits per heavy atom. The van der Waals surface area contributed by atoms with Gasteiger partial charge in [0.15, 0.2) is 0 Å². The summed E-state index contributed by atoms with van der Waals surface area (Å²) in [6.07, 6.45) is -6.75. The Morgan fingerprint density at radius 3 is 2.39 bits per heavy atom. The zero-order valence-electron chi connectivity index (χ0n) is 20.6. The first-order chi connectivity index (χ1) is 18.0. The van der Waals surface area contributed by atoms with Gasteiger partial charge in [-0.3, -0.25) is 0 Å². The lowest BCUT2D eigenvalue weighted by Crippen LogP contribution is -2.39. The van der Waals surface area contributed by atoms with Crippen LogP contribution in [0.4, 0.5) is 49.6 Å². The van der Waals surface area contributed by atoms with Crippen LogP contribution >= 0.6 is 0 Å². The Balaban J connectivity index is 1.73. The smallest absolute Gasteiger partial charge is 0.385 e. The Hall–Kier alpha value is -3.61. The van der Waals surface area contributed by atoms with Crippen LogP contribution < -0.4 is 15.5 Å². The van der Waals surface area contributed by atoms with Crippen LogP contribution in [0.25, 0.3) is 0 Å². The second kappa shape index (κ2) is 11.0. The molecule has 0 spiro atoms. The van der Waals surface area contributed by atoms with E-state index in [1.54, 1.807) is 11.9 Å². The molecule has 0 fully saturated rings. The largest absolute Gasteiger partial charge is 0.419 e. The number of methoxy groups -OCH3 is 1. The summed E-state index contributed by atoms with van der Waals surface area (Å²) in [6.45, 7) is 0.497. The van der Waals surface area contributed by atoms with E-state index in [9.17, 15) is 26.3 Å². The van der Waals surface area contributed by atoms with Gasteiger partial charge in [0.25, 0.3) is 0 Å². The third-order valence-corrected chi connectivity index (χ3v) is 6.28. The second-order valence-electron chi connectivity index (χ2n) is 8.73. The summed E-state index contributed by atoms with van der Waals surface area (Å²) in [5.74, 6) is 0.461. The van der Waals surface area contributed by atoms with Gasteiger partial charge in [-0.2, -0.15) is 31.3 Å². The molecule has 1 aliphatic heterocycles. The number of aromatic nitrogens is 3. The predicted octanol–water partition coefficient (Wildman–Crippen LogP) is 5.70. The Bertz CT molecular complexity index is 1250. The van der Waals surface area contributed by atoms with Gasteiger partial charge < -0.3 is 20.3 Å². The molecule has 38 heavy (non-hydrogen) atoms. The number of ether oxygens (including phenoxy) is 1. The molecule has 3 heterocycles. The van der Waals surface area contributed by atoms with Crippen LogP contribution in [0.15, 0.2) is 42.6 Å². The molecule has 0 saturated heterocycles. The van der Waals surface area contributed by atoms with E-state index in [0.29, 0.717) is 35.8 Å². The topological polar surface area (TPSA) is 75.2 Å². The lowest BCUT2D eigenvalue weighted by atomic mass is 10.0. The van der Waals surface area contributed by atoms with Crippen molar-refractivity contribution in [3.8, 4) is 0 Å². The third kappa shape index (κ3) is 6.09. The fourth-order valence-electron chi connectivity index (χ4n) is 4.44. The second-order valence-corrected chi connectivity index (χ2v) is 8.73. The summed E-state index contributed by atoms with van der Waals surface area (Å²) in [7, 11) is 3.14. The van der Waals surface area contributed by atoms with Gasteiger partial charge in [0.1, 0.15) is 11.6 Å². The number of pyridine rings is 1. The summed E-state index contributed by atoms with van der Waals surface area (Å²) in [5.41, 5.74) is 0.0404. The molecule has 0 amide bonds. The molecule has 0 saturated carbocycles. The van der Waals surface area contributed by atoms with Crippen LogP contribution in [-0.2, 0) is 29.9 Å². The van der Waals surface area contributed by atoms with E-state index in [-0.39, 0.29) is 31.2 Å². The number of nitrogens with zero attached hydrogens (tertiary/aromatic N) is 4. The number of halogens is 6. The van der Waals surface area contributed by atoms with Gasteiger partial charge in [-0.05, 0) is 49.2 Å². The Morgan fingerprint density at radius 2 is 1.76 bits per heavy atom. The van der Waals surface area contributed by atoms with Gasteiger partial charge in [0.2, 0.25) is 5.95 Å². The number of hydrogen-bond acceptors (Lipinski definition) is 7. The maximum Gasteiger partial charge on any atom is 0.419 e. The highest BCUT2D eigenvalue weighted by Crippen LogP contribution is 2.38. The van der Waals surface area contributed by atoms with Gasteiger partial charge in [0.05, 0.1) is 16.8 Å². The highest BCUT2D eigenvalue weighted by Gasteiger charge is 2.38.